The van der Waals surface area contributed by atoms with Crippen LogP contribution in [-0.2, 0) is 6.54 Å². The second-order valence-electron chi connectivity index (χ2n) is 5.02. The largest absolute Gasteiger partial charge is 0.379 e. The van der Waals surface area contributed by atoms with Crippen LogP contribution in [0, 0.1) is 5.82 Å². The van der Waals surface area contributed by atoms with Crippen LogP contribution in [-0.4, -0.2) is 19.9 Å². The number of nitrogen functional groups attached to an aromatic ring is 1. The molecule has 0 radical (unpaired) electrons. The first-order valence-corrected chi connectivity index (χ1v) is 6.93. The van der Waals surface area contributed by atoms with E-state index in [1.165, 1.54) is 6.07 Å². The van der Waals surface area contributed by atoms with Crippen LogP contribution in [0.4, 0.5) is 10.2 Å². The Bertz CT molecular complexity index is 940. The fraction of sp³-hybridized carbons (Fsp3) is 0.0714. The number of benzene rings is 1. The number of nitrogens with one attached hydrogen (secondary N) is 1. The van der Waals surface area contributed by atoms with E-state index in [1.54, 1.807) is 22.1 Å². The molecule has 0 bridgehead atoms. The third kappa shape index (κ3) is 2.23. The van der Waals surface area contributed by atoms with Crippen LogP contribution in [0.1, 0.15) is 0 Å². The van der Waals surface area contributed by atoms with Gasteiger partial charge in [0.15, 0.2) is 17.3 Å². The summed E-state index contributed by atoms with van der Waals surface area (Å²) in [5, 5.41) is 7.36. The molecule has 1 aliphatic rings. The molecule has 0 amide bonds. The minimum Gasteiger partial charge on any atom is -0.379 e. The van der Waals surface area contributed by atoms with E-state index >= 15 is 0 Å². The van der Waals surface area contributed by atoms with E-state index in [4.69, 9.17) is 5.73 Å². The van der Waals surface area contributed by atoms with Crippen molar-refractivity contribution in [1.82, 2.24) is 25.3 Å². The van der Waals surface area contributed by atoms with Gasteiger partial charge >= 0.3 is 0 Å². The third-order valence-electron chi connectivity index (χ3n) is 3.55. The fourth-order valence-electron chi connectivity index (χ4n) is 2.53. The van der Waals surface area contributed by atoms with Crippen LogP contribution in [0.25, 0.3) is 22.6 Å². The van der Waals surface area contributed by atoms with E-state index in [9.17, 15) is 4.39 Å². The molecule has 0 saturated heterocycles. The predicted octanol–water partition coefficient (Wildman–Crippen LogP) is 0.287. The lowest BCUT2D eigenvalue weighted by Gasteiger charge is -2.13. The van der Waals surface area contributed by atoms with E-state index in [2.05, 4.69) is 25.4 Å². The minimum absolute atomic E-state index is 0.110. The third-order valence-corrected chi connectivity index (χ3v) is 3.55. The monoisotopic (exact) mass is 314 g/mol. The summed E-state index contributed by atoms with van der Waals surface area (Å²) in [7, 11) is 0. The molecule has 5 N–H and O–H groups in total. The Kier molecular flexibility index (Phi) is 3.05. The summed E-state index contributed by atoms with van der Waals surface area (Å²) in [5.41, 5.74) is 12.7. The number of hydrogen-bond acceptors (Lipinski definition) is 6. The van der Waals surface area contributed by atoms with E-state index in [1.807, 2.05) is 18.4 Å². The lowest BCUT2D eigenvalue weighted by Crippen LogP contribution is -2.88. The highest BCUT2D eigenvalue weighted by atomic mass is 19.1. The Morgan fingerprint density at radius 1 is 1.35 bits per heavy atom. The average molecular weight is 314 g/mol. The van der Waals surface area contributed by atoms with Crippen molar-refractivity contribution in [3.63, 3.8) is 0 Å². The Morgan fingerprint density at radius 2 is 2.26 bits per heavy atom. The highest BCUT2D eigenvalue weighted by Gasteiger charge is 2.22. The maximum Gasteiger partial charge on any atom is 0.199 e. The Balaban J connectivity index is 1.93. The molecule has 23 heavy (non-hydrogen) atoms. The van der Waals surface area contributed by atoms with Crippen LogP contribution < -0.4 is 16.6 Å². The minimum atomic E-state index is -0.368. The number of para-hydroxylation sites is 1. The molecule has 4 rings (SSSR count). The van der Waals surface area contributed by atoms with Gasteiger partial charge in [0.05, 0.1) is 17.8 Å². The van der Waals surface area contributed by atoms with E-state index in [0.717, 1.165) is 5.70 Å². The molecule has 0 spiro atoms. The standard InChI is InChI=1S/C14H12FN7O/c15-9-4-1-5-10-12(9)22(7-8-3-2-6-17-19-8)14(18-10)11-13(16)21-23-20-11/h1-6,17,19H,7H2,(H2,16,21)/p+1. The highest BCUT2D eigenvalue weighted by Crippen LogP contribution is 2.28. The van der Waals surface area contributed by atoms with Crippen molar-refractivity contribution in [2.75, 3.05) is 5.73 Å². The quantitative estimate of drug-likeness (QED) is 0.599. The van der Waals surface area contributed by atoms with Gasteiger partial charge in [0, 0.05) is 0 Å². The summed E-state index contributed by atoms with van der Waals surface area (Å²) in [6.45, 7) is 0.375. The van der Waals surface area contributed by atoms with Crippen molar-refractivity contribution in [1.29, 1.82) is 0 Å². The van der Waals surface area contributed by atoms with Gasteiger partial charge in [-0.1, -0.05) is 6.07 Å². The van der Waals surface area contributed by atoms with Crippen LogP contribution in [0.5, 0.6) is 0 Å². The molecule has 2 aromatic heterocycles. The maximum absolute atomic E-state index is 14.3. The number of hydrogen-bond donors (Lipinski definition) is 3. The fourth-order valence-corrected chi connectivity index (χ4v) is 2.53. The van der Waals surface area contributed by atoms with Gasteiger partial charge in [-0.3, -0.25) is 0 Å². The topological polar surface area (TPSA) is 111 Å². The highest BCUT2D eigenvalue weighted by molar-refractivity contribution is 5.82. The molecule has 0 unspecified atom stereocenters. The second kappa shape index (κ2) is 5.21. The normalized spacial score (nSPS) is 14.0. The molecule has 1 aromatic carbocycles. The van der Waals surface area contributed by atoms with Crippen molar-refractivity contribution in [2.24, 2.45) is 0 Å². The number of halogens is 1. The lowest BCUT2D eigenvalue weighted by atomic mass is 10.3. The van der Waals surface area contributed by atoms with Crippen molar-refractivity contribution < 1.29 is 14.4 Å². The number of anilines is 1. The number of nitrogens with two attached hydrogens (primary N) is 2. The van der Waals surface area contributed by atoms with Crippen LogP contribution in [0.2, 0.25) is 0 Å². The number of allylic oxidation sites excluding steroid dienone is 3. The first-order chi connectivity index (χ1) is 11.2. The molecule has 1 aliphatic heterocycles. The van der Waals surface area contributed by atoms with Gasteiger partial charge in [-0.25, -0.2) is 24.9 Å². The van der Waals surface area contributed by atoms with Crippen molar-refractivity contribution in [2.45, 2.75) is 6.54 Å². The van der Waals surface area contributed by atoms with Gasteiger partial charge in [-0.15, -0.1) is 0 Å². The van der Waals surface area contributed by atoms with Gasteiger partial charge in [-0.05, 0) is 34.6 Å². The molecule has 0 atom stereocenters. The molecule has 3 aromatic rings. The predicted molar refractivity (Wildman–Crippen MR) is 79.7 cm³/mol. The molecule has 9 heteroatoms. The van der Waals surface area contributed by atoms with Crippen molar-refractivity contribution >= 4 is 16.9 Å². The molecule has 8 nitrogen and oxygen atoms in total. The van der Waals surface area contributed by atoms with Crippen molar-refractivity contribution in [3.05, 3.63) is 48.1 Å². The van der Waals surface area contributed by atoms with Gasteiger partial charge < -0.3 is 10.3 Å². The summed E-state index contributed by atoms with van der Waals surface area (Å²) < 4.78 is 20.7. The number of imidazole rings is 1. The summed E-state index contributed by atoms with van der Waals surface area (Å²) >= 11 is 0. The van der Waals surface area contributed by atoms with Crippen molar-refractivity contribution in [3.8, 4) is 11.5 Å². The number of fused-ring (bicyclic) bond motifs is 1. The number of nitrogens with zero attached hydrogens (tertiary/aromatic N) is 4. The van der Waals surface area contributed by atoms with Gasteiger partial charge in [0.2, 0.25) is 0 Å². The number of rotatable bonds is 3. The molecule has 0 aliphatic carbocycles. The lowest BCUT2D eigenvalue weighted by molar-refractivity contribution is -0.643. The summed E-state index contributed by atoms with van der Waals surface area (Å²) in [6.07, 6.45) is 5.67. The molecule has 0 fully saturated rings. The SMILES string of the molecule is Nc1nonc1-c1nc2cccc(F)c2n1CC1=CC=C[NH2+]N1. The summed E-state index contributed by atoms with van der Waals surface area (Å²) in [5.74, 6) is 0.146. The average Bonchev–Trinajstić information content (AvgIpc) is 3.13. The Morgan fingerprint density at radius 3 is 3.00 bits per heavy atom. The van der Waals surface area contributed by atoms with Gasteiger partial charge in [0.1, 0.15) is 17.5 Å². The maximum atomic E-state index is 14.3. The summed E-state index contributed by atoms with van der Waals surface area (Å²) in [6, 6.07) is 4.73. The first kappa shape index (κ1) is 13.5. The molecule has 3 heterocycles. The zero-order valence-electron chi connectivity index (χ0n) is 11.9. The molecule has 116 valence electrons. The van der Waals surface area contributed by atoms with E-state index < -0.39 is 0 Å². The van der Waals surface area contributed by atoms with Crippen LogP contribution in [0.3, 0.4) is 0 Å². The number of quaternary nitrogens is 1. The molecule has 0 saturated carbocycles. The number of aromatic nitrogens is 4. The zero-order valence-corrected chi connectivity index (χ0v) is 11.9. The van der Waals surface area contributed by atoms with E-state index in [-0.39, 0.29) is 17.3 Å². The Labute approximate surface area is 129 Å². The Hall–Kier alpha value is -3.20. The van der Waals surface area contributed by atoms with Crippen LogP contribution in [0.15, 0.2) is 46.9 Å². The molecular formula is C14H13FN7O+. The molecular weight excluding hydrogens is 301 g/mol. The van der Waals surface area contributed by atoms with Crippen LogP contribution >= 0.6 is 0 Å². The van der Waals surface area contributed by atoms with Gasteiger partial charge in [0.25, 0.3) is 0 Å². The first-order valence-electron chi connectivity index (χ1n) is 6.93. The second-order valence-corrected chi connectivity index (χ2v) is 5.02. The zero-order chi connectivity index (χ0) is 15.8. The smallest absolute Gasteiger partial charge is 0.199 e. The van der Waals surface area contributed by atoms with Gasteiger partial charge in [-0.2, -0.15) is 0 Å². The van der Waals surface area contributed by atoms with E-state index in [0.29, 0.717) is 23.4 Å². The summed E-state index contributed by atoms with van der Waals surface area (Å²) in [4.78, 5) is 4.44.